The van der Waals surface area contributed by atoms with Gasteiger partial charge in [-0.25, -0.2) is 14.8 Å². The van der Waals surface area contributed by atoms with Crippen LogP contribution in [0.25, 0.3) is 33.6 Å². The quantitative estimate of drug-likeness (QED) is 0.128. The van der Waals surface area contributed by atoms with E-state index >= 15 is 0 Å². The molecular formula is C33H36F3N7O4. The Balaban J connectivity index is 1.09. The second-order valence-electron chi connectivity index (χ2n) is 11.8. The van der Waals surface area contributed by atoms with E-state index in [-0.39, 0.29) is 12.5 Å². The van der Waals surface area contributed by atoms with Crippen molar-refractivity contribution in [1.82, 2.24) is 35.5 Å². The number of benzene rings is 2. The van der Waals surface area contributed by atoms with Crippen LogP contribution in [0.1, 0.15) is 55.8 Å². The molecule has 0 radical (unpaired) electrons. The van der Waals surface area contributed by atoms with E-state index in [9.17, 15) is 27.9 Å². The Morgan fingerprint density at radius 2 is 1.51 bits per heavy atom. The van der Waals surface area contributed by atoms with Crippen LogP contribution in [0.15, 0.2) is 60.9 Å². The number of H-pyrrole nitrogens is 2. The average Bonchev–Trinajstić information content (AvgIpc) is 3.88. The second-order valence-corrected chi connectivity index (χ2v) is 11.8. The minimum atomic E-state index is -4.51. The highest BCUT2D eigenvalue weighted by molar-refractivity contribution is 5.86. The standard InChI is InChI=1S/C33H36F3N7O4/c34-33(35,36)19-47-16-13-25(42-32(45)46)31(44)43-15-2-4-28(43)30-39-18-27(41-30)23-11-7-21(8-12-23)20-5-9-22(10-6-20)26-17-38-29(40-26)24-3-1-14-37-24/h5-12,17-18,24-25,28,37,42H,1-4,13-16,19H2,(H,38,40)(H,39,41)(H,45,46). The first-order valence-corrected chi connectivity index (χ1v) is 15.6. The molecule has 2 saturated heterocycles. The molecule has 6 rings (SSSR count). The van der Waals surface area contributed by atoms with Crippen molar-refractivity contribution in [3.05, 3.63) is 72.6 Å². The van der Waals surface area contributed by atoms with Crippen LogP contribution in [-0.4, -0.2) is 80.5 Å². The van der Waals surface area contributed by atoms with Gasteiger partial charge in [0.2, 0.25) is 5.91 Å². The molecule has 248 valence electrons. The molecule has 3 unspecified atom stereocenters. The fraction of sp³-hybridized carbons (Fsp3) is 0.394. The van der Waals surface area contributed by atoms with Gasteiger partial charge in [-0.3, -0.25) is 4.79 Å². The Morgan fingerprint density at radius 3 is 2.09 bits per heavy atom. The summed E-state index contributed by atoms with van der Waals surface area (Å²) in [5, 5.41) is 14.8. The van der Waals surface area contributed by atoms with Crippen molar-refractivity contribution in [3.63, 3.8) is 0 Å². The van der Waals surface area contributed by atoms with Crippen LogP contribution in [0.2, 0.25) is 0 Å². The second kappa shape index (κ2) is 14.0. The van der Waals surface area contributed by atoms with Crippen LogP contribution in [0.4, 0.5) is 18.0 Å². The molecular weight excluding hydrogens is 615 g/mol. The number of ether oxygens (including phenoxy) is 1. The number of amides is 2. The van der Waals surface area contributed by atoms with E-state index < -0.39 is 43.5 Å². The summed E-state index contributed by atoms with van der Waals surface area (Å²) in [5.41, 5.74) is 5.81. The van der Waals surface area contributed by atoms with Crippen LogP contribution < -0.4 is 10.6 Å². The van der Waals surface area contributed by atoms with E-state index in [1.165, 1.54) is 4.90 Å². The van der Waals surface area contributed by atoms with Crippen LogP contribution >= 0.6 is 0 Å². The van der Waals surface area contributed by atoms with Gasteiger partial charge in [0.1, 0.15) is 24.3 Å². The number of nitrogens with zero attached hydrogens (tertiary/aromatic N) is 3. The number of halogens is 3. The molecule has 2 amide bonds. The molecule has 5 N–H and O–H groups in total. The van der Waals surface area contributed by atoms with E-state index in [1.54, 1.807) is 6.20 Å². The van der Waals surface area contributed by atoms with E-state index in [2.05, 4.69) is 59.6 Å². The lowest BCUT2D eigenvalue weighted by molar-refractivity contribution is -0.174. The summed E-state index contributed by atoms with van der Waals surface area (Å²) >= 11 is 0. The van der Waals surface area contributed by atoms with Crippen molar-refractivity contribution in [2.24, 2.45) is 0 Å². The zero-order chi connectivity index (χ0) is 33.0. The van der Waals surface area contributed by atoms with Gasteiger partial charge in [-0.15, -0.1) is 0 Å². The van der Waals surface area contributed by atoms with Gasteiger partial charge in [-0.2, -0.15) is 13.2 Å². The van der Waals surface area contributed by atoms with Crippen molar-refractivity contribution >= 4 is 12.0 Å². The summed E-state index contributed by atoms with van der Waals surface area (Å²) in [6, 6.07) is 14.9. The number of carbonyl (C=O) groups excluding carboxylic acids is 1. The summed E-state index contributed by atoms with van der Waals surface area (Å²) in [4.78, 5) is 42.0. The maximum atomic E-state index is 13.3. The first-order valence-electron chi connectivity index (χ1n) is 15.6. The third kappa shape index (κ3) is 7.83. The molecule has 0 spiro atoms. The van der Waals surface area contributed by atoms with Gasteiger partial charge in [0, 0.05) is 19.6 Å². The molecule has 2 aromatic carbocycles. The third-order valence-corrected chi connectivity index (χ3v) is 8.57. The number of carbonyl (C=O) groups is 2. The van der Waals surface area contributed by atoms with Gasteiger partial charge in [0.05, 0.1) is 35.9 Å². The van der Waals surface area contributed by atoms with Crippen molar-refractivity contribution < 1.29 is 32.6 Å². The molecule has 0 aliphatic carbocycles. The van der Waals surface area contributed by atoms with Gasteiger partial charge in [-0.05, 0) is 54.5 Å². The highest BCUT2D eigenvalue weighted by Crippen LogP contribution is 2.33. The summed E-state index contributed by atoms with van der Waals surface area (Å²) < 4.78 is 41.9. The van der Waals surface area contributed by atoms with E-state index in [1.807, 2.05) is 30.5 Å². The largest absolute Gasteiger partial charge is 0.465 e. The Bertz CT molecular complexity index is 1660. The lowest BCUT2D eigenvalue weighted by Gasteiger charge is -2.28. The molecule has 4 heterocycles. The maximum absolute atomic E-state index is 13.3. The smallest absolute Gasteiger partial charge is 0.411 e. The van der Waals surface area contributed by atoms with E-state index in [0.717, 1.165) is 58.9 Å². The predicted molar refractivity (Wildman–Crippen MR) is 167 cm³/mol. The number of aromatic amines is 2. The lowest BCUT2D eigenvalue weighted by atomic mass is 10.0. The molecule has 4 aromatic rings. The van der Waals surface area contributed by atoms with Crippen molar-refractivity contribution in [3.8, 4) is 33.6 Å². The summed E-state index contributed by atoms with van der Waals surface area (Å²) in [5.74, 6) is 0.996. The molecule has 0 bridgehead atoms. The SMILES string of the molecule is O=C(O)NC(CCOCC(F)(F)F)C(=O)N1CCCC1c1ncc(-c2ccc(-c3ccc(-c4cnc(C5CCCN5)[nH]4)cc3)cc2)[nH]1. The van der Waals surface area contributed by atoms with Crippen molar-refractivity contribution in [2.45, 2.75) is 56.4 Å². The zero-order valence-electron chi connectivity index (χ0n) is 25.5. The molecule has 0 saturated carbocycles. The molecule has 2 aliphatic rings. The highest BCUT2D eigenvalue weighted by atomic mass is 19.4. The molecule has 3 atom stereocenters. The summed E-state index contributed by atoms with van der Waals surface area (Å²) in [6.45, 7) is -0.514. The Kier molecular flexibility index (Phi) is 9.59. The number of likely N-dealkylation sites (tertiary alicyclic amines) is 1. The Labute approximate surface area is 269 Å². The number of imidazole rings is 2. The molecule has 2 fully saturated rings. The molecule has 2 aromatic heterocycles. The van der Waals surface area contributed by atoms with Crippen LogP contribution in [0.5, 0.6) is 0 Å². The van der Waals surface area contributed by atoms with E-state index in [0.29, 0.717) is 25.2 Å². The number of alkyl halides is 3. The summed E-state index contributed by atoms with van der Waals surface area (Å²) in [7, 11) is 0. The number of carboxylic acid groups (broad SMARTS) is 1. The van der Waals surface area contributed by atoms with Gasteiger partial charge in [0.25, 0.3) is 0 Å². The predicted octanol–water partition coefficient (Wildman–Crippen LogP) is 5.83. The van der Waals surface area contributed by atoms with Crippen molar-refractivity contribution in [1.29, 1.82) is 0 Å². The average molecular weight is 652 g/mol. The van der Waals surface area contributed by atoms with Crippen LogP contribution in [0.3, 0.4) is 0 Å². The van der Waals surface area contributed by atoms with Crippen molar-refractivity contribution in [2.75, 3.05) is 26.3 Å². The van der Waals surface area contributed by atoms with Gasteiger partial charge >= 0.3 is 12.3 Å². The number of hydrogen-bond acceptors (Lipinski definition) is 6. The molecule has 2 aliphatic heterocycles. The lowest BCUT2D eigenvalue weighted by Crippen LogP contribution is -2.48. The monoisotopic (exact) mass is 651 g/mol. The minimum Gasteiger partial charge on any atom is -0.465 e. The molecule has 11 nitrogen and oxygen atoms in total. The van der Waals surface area contributed by atoms with E-state index in [4.69, 9.17) is 0 Å². The Morgan fingerprint density at radius 1 is 0.915 bits per heavy atom. The van der Waals surface area contributed by atoms with Gasteiger partial charge in [-0.1, -0.05) is 48.5 Å². The highest BCUT2D eigenvalue weighted by Gasteiger charge is 2.36. The summed E-state index contributed by atoms with van der Waals surface area (Å²) in [6.07, 6.45) is 0.897. The third-order valence-electron chi connectivity index (χ3n) is 8.57. The topological polar surface area (TPSA) is 148 Å². The number of aromatic nitrogens is 4. The molecule has 47 heavy (non-hydrogen) atoms. The Hall–Kier alpha value is -4.69. The zero-order valence-corrected chi connectivity index (χ0v) is 25.5. The maximum Gasteiger partial charge on any atom is 0.411 e. The van der Waals surface area contributed by atoms with Gasteiger partial charge in [0.15, 0.2) is 0 Å². The normalized spacial score (nSPS) is 18.8. The fourth-order valence-corrected chi connectivity index (χ4v) is 6.23. The van der Waals surface area contributed by atoms with Crippen LogP contribution in [-0.2, 0) is 9.53 Å². The first-order chi connectivity index (χ1) is 22.6. The van der Waals surface area contributed by atoms with Gasteiger partial charge < -0.3 is 35.3 Å². The first kappa shape index (κ1) is 32.3. The number of hydrogen-bond donors (Lipinski definition) is 5. The molecule has 14 heteroatoms. The van der Waals surface area contributed by atoms with Crippen LogP contribution in [0, 0.1) is 0 Å². The number of nitrogens with one attached hydrogen (secondary N) is 4. The fourth-order valence-electron chi connectivity index (χ4n) is 6.23. The minimum absolute atomic E-state index is 0.231. The number of rotatable bonds is 11.